The third-order valence-corrected chi connectivity index (χ3v) is 5.61. The molecular formula is C12H17N2O3S2+. The maximum atomic E-state index is 12.2. The number of fused-ring (bicyclic) bond motifs is 1. The first kappa shape index (κ1) is 14.4. The molecule has 0 bridgehead atoms. The summed E-state index contributed by atoms with van der Waals surface area (Å²) in [4.78, 5) is 0. The Balaban J connectivity index is 2.40. The lowest BCUT2D eigenvalue weighted by molar-refractivity contribution is 0.282. The van der Waals surface area contributed by atoms with Gasteiger partial charge in [-0.25, -0.2) is 8.42 Å². The zero-order chi connectivity index (χ0) is 14.0. The molecule has 1 heterocycles. The molecule has 0 amide bonds. The highest BCUT2D eigenvalue weighted by molar-refractivity contribution is 7.97. The van der Waals surface area contributed by atoms with Gasteiger partial charge in [0, 0.05) is 5.39 Å². The molecule has 0 fully saturated rings. The molecular weight excluding hydrogens is 284 g/mol. The summed E-state index contributed by atoms with van der Waals surface area (Å²) in [5, 5.41) is 13.8. The quantitative estimate of drug-likeness (QED) is 0.820. The van der Waals surface area contributed by atoms with Crippen LogP contribution >= 0.6 is 0 Å². The van der Waals surface area contributed by atoms with Gasteiger partial charge in [-0.2, -0.15) is 9.19 Å². The first-order valence-corrected chi connectivity index (χ1v) is 9.61. The van der Waals surface area contributed by atoms with Crippen LogP contribution in [0.3, 0.4) is 0 Å². The summed E-state index contributed by atoms with van der Waals surface area (Å²) < 4.78 is 25.5. The molecule has 0 saturated heterocycles. The molecule has 19 heavy (non-hydrogen) atoms. The molecule has 1 aromatic heterocycles. The minimum Gasteiger partial charge on any atom is -0.392 e. The fraction of sp³-hybridized carbons (Fsp3) is 0.417. The van der Waals surface area contributed by atoms with Crippen LogP contribution in [0.5, 0.6) is 0 Å². The van der Waals surface area contributed by atoms with Crippen LogP contribution in [-0.2, 0) is 27.5 Å². The van der Waals surface area contributed by atoms with Crippen LogP contribution in [0, 0.1) is 0 Å². The summed E-state index contributed by atoms with van der Waals surface area (Å²) in [6.45, 7) is -0.0671. The van der Waals surface area contributed by atoms with E-state index in [1.165, 1.54) is 6.20 Å². The summed E-state index contributed by atoms with van der Waals surface area (Å²) in [5.74, 6) is 0.736. The van der Waals surface area contributed by atoms with E-state index in [1.807, 2.05) is 12.5 Å². The first-order chi connectivity index (χ1) is 8.94. The van der Waals surface area contributed by atoms with Gasteiger partial charge in [0.2, 0.25) is 0 Å². The summed E-state index contributed by atoms with van der Waals surface area (Å²) in [7, 11) is -3.32. The van der Waals surface area contributed by atoms with Gasteiger partial charge in [0.1, 0.15) is 11.5 Å². The number of hydrogen-bond acceptors (Lipinski definition) is 4. The summed E-state index contributed by atoms with van der Waals surface area (Å²) >= 11 is 0. The van der Waals surface area contributed by atoms with Crippen LogP contribution in [0.25, 0.3) is 10.9 Å². The molecule has 0 atom stereocenters. The molecule has 104 valence electrons. The molecule has 1 aromatic carbocycles. The molecule has 7 heteroatoms. The van der Waals surface area contributed by atoms with Gasteiger partial charge in [0.25, 0.3) is 10.0 Å². The largest absolute Gasteiger partial charge is 0.392 e. The van der Waals surface area contributed by atoms with Crippen molar-refractivity contribution in [3.05, 3.63) is 30.0 Å². The molecule has 2 rings (SSSR count). The lowest BCUT2D eigenvalue weighted by Gasteiger charge is -2.05. The predicted molar refractivity (Wildman–Crippen MR) is 78.9 cm³/mol. The van der Waals surface area contributed by atoms with E-state index in [0.717, 1.165) is 15.0 Å². The van der Waals surface area contributed by atoms with Crippen LogP contribution in [0.1, 0.15) is 5.56 Å². The van der Waals surface area contributed by atoms with Crippen molar-refractivity contribution in [1.29, 1.82) is 0 Å². The van der Waals surface area contributed by atoms with E-state index in [9.17, 15) is 8.42 Å². The number of aliphatic hydroxyl groups excluding tert-OH is 1. The fourth-order valence-electron chi connectivity index (χ4n) is 1.74. The maximum Gasteiger partial charge on any atom is 0.258 e. The van der Waals surface area contributed by atoms with Gasteiger partial charge in [0.15, 0.2) is 0 Å². The van der Waals surface area contributed by atoms with Crippen molar-refractivity contribution >= 4 is 31.8 Å². The highest BCUT2D eigenvalue weighted by Gasteiger charge is 2.20. The van der Waals surface area contributed by atoms with E-state index in [-0.39, 0.29) is 23.3 Å². The maximum absolute atomic E-state index is 12.2. The molecule has 0 spiro atoms. The summed E-state index contributed by atoms with van der Waals surface area (Å²) in [5.41, 5.74) is 1.30. The number of aliphatic hydroxyl groups is 1. The van der Waals surface area contributed by atoms with Crippen molar-refractivity contribution in [1.82, 2.24) is 9.19 Å². The Hall–Kier alpha value is -1.05. The second-order valence-corrected chi connectivity index (χ2v) is 8.84. The van der Waals surface area contributed by atoms with E-state index in [2.05, 4.69) is 5.10 Å². The van der Waals surface area contributed by atoms with Gasteiger partial charge in [-0.05, 0) is 28.6 Å². The third kappa shape index (κ3) is 3.10. The Kier molecular flexibility index (Phi) is 4.17. The van der Waals surface area contributed by atoms with Gasteiger partial charge < -0.3 is 5.11 Å². The zero-order valence-electron chi connectivity index (χ0n) is 10.9. The van der Waals surface area contributed by atoms with E-state index in [1.54, 1.807) is 18.2 Å². The Morgan fingerprint density at radius 2 is 2.11 bits per heavy atom. The number of nitrogens with zero attached hydrogens (tertiary/aromatic N) is 2. The fourth-order valence-corrected chi connectivity index (χ4v) is 4.74. The molecule has 0 aliphatic heterocycles. The van der Waals surface area contributed by atoms with E-state index < -0.39 is 10.0 Å². The van der Waals surface area contributed by atoms with E-state index >= 15 is 0 Å². The van der Waals surface area contributed by atoms with Crippen LogP contribution < -0.4 is 0 Å². The molecule has 0 unspecified atom stereocenters. The van der Waals surface area contributed by atoms with Gasteiger partial charge in [-0.15, -0.1) is 0 Å². The lowest BCUT2D eigenvalue weighted by Crippen LogP contribution is -2.22. The van der Waals surface area contributed by atoms with E-state index in [0.29, 0.717) is 11.3 Å². The number of rotatable bonds is 5. The average Bonchev–Trinajstić information content (AvgIpc) is 2.79. The van der Waals surface area contributed by atoms with Crippen molar-refractivity contribution in [2.24, 2.45) is 0 Å². The van der Waals surface area contributed by atoms with Crippen LogP contribution in [0.15, 0.2) is 24.4 Å². The Bertz CT molecular complexity index is 677. The Morgan fingerprint density at radius 1 is 1.37 bits per heavy atom. The van der Waals surface area contributed by atoms with Gasteiger partial charge in [0.05, 0.1) is 30.8 Å². The standard InChI is InChI=1S/C12H17N2O3S2/c1-18(2)5-6-19(16,17)14-12-4-3-10(9-15)7-11(12)8-13-14/h3-4,7-8,15H,5-6,9H2,1-2H3/q+1. The minimum atomic E-state index is -3.41. The van der Waals surface area contributed by atoms with Crippen molar-refractivity contribution in [2.45, 2.75) is 6.61 Å². The zero-order valence-corrected chi connectivity index (χ0v) is 12.5. The molecule has 0 aliphatic rings. The second-order valence-electron chi connectivity index (χ2n) is 4.54. The van der Waals surface area contributed by atoms with Crippen molar-refractivity contribution < 1.29 is 13.5 Å². The molecule has 0 saturated carbocycles. The van der Waals surface area contributed by atoms with Crippen LogP contribution in [0.4, 0.5) is 0 Å². The van der Waals surface area contributed by atoms with Crippen LogP contribution in [-0.4, -0.2) is 46.7 Å². The second kappa shape index (κ2) is 5.52. The molecule has 1 N–H and O–H groups in total. The SMILES string of the molecule is C[S+](C)CCS(=O)(=O)n1ncc2cc(CO)ccc21. The number of benzene rings is 1. The number of hydrogen-bond donors (Lipinski definition) is 1. The molecule has 2 aromatic rings. The van der Waals surface area contributed by atoms with Crippen molar-refractivity contribution in [3.8, 4) is 0 Å². The minimum absolute atomic E-state index is 0.0671. The normalized spacial score (nSPS) is 12.4. The molecule has 5 nitrogen and oxygen atoms in total. The predicted octanol–water partition coefficient (Wildman–Crippen LogP) is 0.584. The van der Waals surface area contributed by atoms with E-state index in [4.69, 9.17) is 5.11 Å². The lowest BCUT2D eigenvalue weighted by atomic mass is 10.2. The van der Waals surface area contributed by atoms with Gasteiger partial charge in [-0.3, -0.25) is 0 Å². The topological polar surface area (TPSA) is 72.2 Å². The smallest absolute Gasteiger partial charge is 0.258 e. The summed E-state index contributed by atoms with van der Waals surface area (Å²) in [6, 6.07) is 5.14. The summed E-state index contributed by atoms with van der Waals surface area (Å²) in [6.07, 6.45) is 5.55. The highest BCUT2D eigenvalue weighted by Crippen LogP contribution is 2.17. The highest BCUT2D eigenvalue weighted by atomic mass is 32.2. The first-order valence-electron chi connectivity index (χ1n) is 5.79. The van der Waals surface area contributed by atoms with Crippen molar-refractivity contribution in [3.63, 3.8) is 0 Å². The number of aromatic nitrogens is 2. The monoisotopic (exact) mass is 301 g/mol. The van der Waals surface area contributed by atoms with Crippen LogP contribution in [0.2, 0.25) is 0 Å². The third-order valence-electron chi connectivity index (χ3n) is 2.80. The average molecular weight is 301 g/mol. The Labute approximate surface area is 115 Å². The molecule has 0 radical (unpaired) electrons. The van der Waals surface area contributed by atoms with Crippen molar-refractivity contribution in [2.75, 3.05) is 24.0 Å². The van der Waals surface area contributed by atoms with Gasteiger partial charge >= 0.3 is 0 Å². The van der Waals surface area contributed by atoms with Gasteiger partial charge in [-0.1, -0.05) is 6.07 Å². The molecule has 0 aliphatic carbocycles. The Morgan fingerprint density at radius 3 is 2.74 bits per heavy atom.